The summed E-state index contributed by atoms with van der Waals surface area (Å²) < 4.78 is 11.0. The summed E-state index contributed by atoms with van der Waals surface area (Å²) in [7, 11) is 0. The van der Waals surface area contributed by atoms with Crippen LogP contribution in [-0.2, 0) is 0 Å². The van der Waals surface area contributed by atoms with Gasteiger partial charge in [-0.15, -0.1) is 0 Å². The van der Waals surface area contributed by atoms with Gasteiger partial charge >= 0.3 is 0 Å². The summed E-state index contributed by atoms with van der Waals surface area (Å²) in [5.41, 5.74) is 12.1. The second-order valence-electron chi connectivity index (χ2n) is 11.7. The molecule has 0 unspecified atom stereocenters. The van der Waals surface area contributed by atoms with Crippen LogP contribution in [0.2, 0.25) is 0 Å². The van der Waals surface area contributed by atoms with Crippen LogP contribution in [0.25, 0.3) is 89.3 Å². The molecule has 0 aliphatic carbocycles. The third kappa shape index (κ3) is 3.79. The highest BCUT2D eigenvalue weighted by atomic mass is 16.3. The fourth-order valence-corrected chi connectivity index (χ4v) is 7.28. The summed E-state index contributed by atoms with van der Waals surface area (Å²) in [6, 6.07) is 47.5. The number of rotatable bonds is 5. The number of hydrogen-bond acceptors (Lipinski definition) is 1. The monoisotopic (exact) mass is 590 g/mol. The fourth-order valence-electron chi connectivity index (χ4n) is 7.28. The lowest BCUT2D eigenvalue weighted by Crippen LogP contribution is -1.97. The van der Waals surface area contributed by atoms with Crippen molar-refractivity contribution in [1.29, 1.82) is 0 Å². The highest BCUT2D eigenvalue weighted by molar-refractivity contribution is 6.24. The van der Waals surface area contributed by atoms with Crippen LogP contribution in [0.1, 0.15) is 18.2 Å². The van der Waals surface area contributed by atoms with Gasteiger partial charge < -0.3 is 13.6 Å². The molecule has 3 aromatic heterocycles. The van der Waals surface area contributed by atoms with Crippen LogP contribution in [0.4, 0.5) is 0 Å². The molecule has 0 N–H and O–H groups in total. The topological polar surface area (TPSA) is 23.0 Å². The van der Waals surface area contributed by atoms with Gasteiger partial charge in [-0.2, -0.15) is 0 Å². The number of nitrogens with zero attached hydrogens (tertiary/aromatic N) is 2. The van der Waals surface area contributed by atoms with Gasteiger partial charge in [-0.05, 0) is 78.7 Å². The molecule has 0 radical (unpaired) electrons. The number of hydrogen-bond donors (Lipinski definition) is 0. The summed E-state index contributed by atoms with van der Waals surface area (Å²) in [6.07, 6.45) is 6.32. The molecule has 0 saturated heterocycles. The van der Waals surface area contributed by atoms with E-state index in [1.54, 1.807) is 0 Å². The maximum Gasteiger partial charge on any atom is 0.135 e. The Bertz CT molecular complexity index is 2660. The number of aromatic nitrogens is 2. The average Bonchev–Trinajstić information content (AvgIpc) is 3.75. The Morgan fingerprint density at radius 1 is 0.543 bits per heavy atom. The molecule has 46 heavy (non-hydrogen) atoms. The van der Waals surface area contributed by atoms with Crippen molar-refractivity contribution in [2.45, 2.75) is 6.92 Å². The Morgan fingerprint density at radius 2 is 1.24 bits per heavy atom. The molecule has 9 rings (SSSR count). The van der Waals surface area contributed by atoms with Crippen molar-refractivity contribution in [3.8, 4) is 22.5 Å². The molecule has 3 heterocycles. The smallest absolute Gasteiger partial charge is 0.135 e. The summed E-state index contributed by atoms with van der Waals surface area (Å²) >= 11 is 0. The highest BCUT2D eigenvalue weighted by Gasteiger charge is 2.22. The lowest BCUT2D eigenvalue weighted by molar-refractivity contribution is 0.669. The first-order valence-corrected chi connectivity index (χ1v) is 15.7. The largest absolute Gasteiger partial charge is 0.456 e. The van der Waals surface area contributed by atoms with E-state index < -0.39 is 0 Å². The third-order valence-corrected chi connectivity index (χ3v) is 9.20. The minimum Gasteiger partial charge on any atom is -0.456 e. The first-order valence-electron chi connectivity index (χ1n) is 15.7. The first kappa shape index (κ1) is 26.4. The van der Waals surface area contributed by atoms with Gasteiger partial charge in [0, 0.05) is 43.9 Å². The number of allylic oxidation sites excluding steroid dienone is 1. The Kier molecular flexibility index (Phi) is 5.87. The minimum absolute atomic E-state index is 0.890. The minimum atomic E-state index is 0.890. The average molecular weight is 591 g/mol. The van der Waals surface area contributed by atoms with E-state index in [0.717, 1.165) is 50.1 Å². The second-order valence-corrected chi connectivity index (χ2v) is 11.7. The molecule has 0 saturated carbocycles. The Hall–Kier alpha value is -6.06. The van der Waals surface area contributed by atoms with Crippen molar-refractivity contribution in [2.75, 3.05) is 0 Å². The Labute approximate surface area is 266 Å². The standard InChI is InChI=1S/C43H30N2O/c1-3-13-36-32(4-2)42-38(45(36)31-22-25-41-35(27-31)33-18-9-11-21-40(33)46-41)23-24-39-43(42)34-19-8-10-20-37(34)44(39)30-17-12-16-29(26-30)28-14-6-5-7-15-28/h3-27H,2H2,1H3/b13-3-. The van der Waals surface area contributed by atoms with E-state index in [1.807, 2.05) is 18.2 Å². The van der Waals surface area contributed by atoms with E-state index in [0.29, 0.717) is 0 Å². The molecule has 218 valence electrons. The molecule has 6 aromatic carbocycles. The van der Waals surface area contributed by atoms with Crippen LogP contribution in [0.3, 0.4) is 0 Å². The van der Waals surface area contributed by atoms with Gasteiger partial charge in [0.15, 0.2) is 0 Å². The van der Waals surface area contributed by atoms with Crippen molar-refractivity contribution >= 4 is 66.8 Å². The van der Waals surface area contributed by atoms with Crippen LogP contribution >= 0.6 is 0 Å². The third-order valence-electron chi connectivity index (χ3n) is 9.20. The molecule has 0 fully saturated rings. The summed E-state index contributed by atoms with van der Waals surface area (Å²) in [5.74, 6) is 0. The maximum atomic E-state index is 6.18. The van der Waals surface area contributed by atoms with Crippen molar-refractivity contribution < 1.29 is 4.42 Å². The van der Waals surface area contributed by atoms with Gasteiger partial charge in [0.2, 0.25) is 0 Å². The van der Waals surface area contributed by atoms with E-state index >= 15 is 0 Å². The number of para-hydroxylation sites is 2. The van der Waals surface area contributed by atoms with Crippen LogP contribution in [0.15, 0.2) is 151 Å². The Balaban J connectivity index is 1.37. The van der Waals surface area contributed by atoms with Crippen molar-refractivity contribution in [3.63, 3.8) is 0 Å². The van der Waals surface area contributed by atoms with Crippen LogP contribution < -0.4 is 0 Å². The molecule has 0 aliphatic heterocycles. The molecule has 0 atom stereocenters. The van der Waals surface area contributed by atoms with Crippen LogP contribution in [0, 0.1) is 0 Å². The van der Waals surface area contributed by atoms with Crippen molar-refractivity contribution in [2.24, 2.45) is 0 Å². The van der Waals surface area contributed by atoms with E-state index in [-0.39, 0.29) is 0 Å². The van der Waals surface area contributed by atoms with Gasteiger partial charge in [0.1, 0.15) is 11.2 Å². The van der Waals surface area contributed by atoms with Gasteiger partial charge in [-0.1, -0.05) is 97.6 Å². The fraction of sp³-hybridized carbons (Fsp3) is 0.0233. The van der Waals surface area contributed by atoms with E-state index in [4.69, 9.17) is 4.42 Å². The number of fused-ring (bicyclic) bond motifs is 8. The van der Waals surface area contributed by atoms with Crippen molar-refractivity contribution in [1.82, 2.24) is 9.13 Å². The Morgan fingerprint density at radius 3 is 2.07 bits per heavy atom. The maximum absolute atomic E-state index is 6.18. The van der Waals surface area contributed by atoms with Gasteiger partial charge in [0.05, 0.1) is 22.2 Å². The SMILES string of the molecule is C=Cc1c(/C=C\C)n(-c2ccc3oc4ccccc4c3c2)c2ccc3c(c4ccccc4n3-c3cccc(-c4ccccc4)c3)c12. The first-order chi connectivity index (χ1) is 22.7. The number of furan rings is 1. The lowest BCUT2D eigenvalue weighted by atomic mass is 10.0. The molecule has 0 bridgehead atoms. The summed E-state index contributed by atoms with van der Waals surface area (Å²) in [5, 5.41) is 5.88. The molecule has 3 heteroatoms. The van der Waals surface area contributed by atoms with E-state index in [9.17, 15) is 0 Å². The van der Waals surface area contributed by atoms with Crippen molar-refractivity contribution in [3.05, 3.63) is 157 Å². The van der Waals surface area contributed by atoms with Crippen LogP contribution in [0.5, 0.6) is 0 Å². The van der Waals surface area contributed by atoms with Crippen LogP contribution in [-0.4, -0.2) is 9.13 Å². The second kappa shape index (κ2) is 10.3. The molecule has 0 aliphatic rings. The predicted molar refractivity (Wildman–Crippen MR) is 195 cm³/mol. The molecule has 9 aromatic rings. The zero-order valence-corrected chi connectivity index (χ0v) is 25.4. The molecular formula is C43H30N2O. The van der Waals surface area contributed by atoms with Gasteiger partial charge in [-0.3, -0.25) is 0 Å². The molecular weight excluding hydrogens is 560 g/mol. The van der Waals surface area contributed by atoms with E-state index in [1.165, 1.54) is 38.3 Å². The molecule has 0 spiro atoms. The van der Waals surface area contributed by atoms with Gasteiger partial charge in [0.25, 0.3) is 0 Å². The summed E-state index contributed by atoms with van der Waals surface area (Å²) in [6.45, 7) is 6.41. The molecule has 0 amide bonds. The predicted octanol–water partition coefficient (Wildman–Crippen LogP) is 12.0. The zero-order chi connectivity index (χ0) is 30.8. The summed E-state index contributed by atoms with van der Waals surface area (Å²) in [4.78, 5) is 0. The van der Waals surface area contributed by atoms with E-state index in [2.05, 4.69) is 156 Å². The van der Waals surface area contributed by atoms with Gasteiger partial charge in [-0.25, -0.2) is 0 Å². The lowest BCUT2D eigenvalue weighted by Gasteiger charge is -2.11. The normalized spacial score (nSPS) is 12.0. The highest BCUT2D eigenvalue weighted by Crippen LogP contribution is 2.43. The quantitative estimate of drug-likeness (QED) is 0.195. The number of benzene rings is 6. The zero-order valence-electron chi connectivity index (χ0n) is 25.4. The molecule has 3 nitrogen and oxygen atoms in total.